The summed E-state index contributed by atoms with van der Waals surface area (Å²) in [6.07, 6.45) is 3.35. The molecular formula is C13H16N4OS. The number of nitrogens with zero attached hydrogens (tertiary/aromatic N) is 3. The molecule has 0 aliphatic carbocycles. The molecule has 3 N–H and O–H groups in total. The maximum Gasteiger partial charge on any atom is 0.172 e. The second kappa shape index (κ2) is 5.71. The largest absolute Gasteiger partial charge is 0.409 e. The van der Waals surface area contributed by atoms with Gasteiger partial charge in [0.1, 0.15) is 0 Å². The summed E-state index contributed by atoms with van der Waals surface area (Å²) in [6.45, 7) is 2.11. The Morgan fingerprint density at radius 1 is 1.53 bits per heavy atom. The lowest BCUT2D eigenvalue weighted by atomic mass is 10.1. The van der Waals surface area contributed by atoms with Gasteiger partial charge in [0.25, 0.3) is 0 Å². The number of hydrogen-bond donors (Lipinski definition) is 2. The molecule has 100 valence electrons. The predicted octanol–water partition coefficient (Wildman–Crippen LogP) is 2.43. The second-order valence-corrected chi connectivity index (χ2v) is 5.16. The topological polar surface area (TPSA) is 74.7 Å². The zero-order chi connectivity index (χ0) is 13.8. The van der Waals surface area contributed by atoms with Crippen molar-refractivity contribution in [3.8, 4) is 0 Å². The van der Waals surface area contributed by atoms with Crippen LogP contribution in [0, 0.1) is 0 Å². The van der Waals surface area contributed by atoms with Crippen molar-refractivity contribution in [2.24, 2.45) is 10.9 Å². The number of anilines is 1. The molecule has 0 aliphatic rings. The molecule has 0 aromatic carbocycles. The van der Waals surface area contributed by atoms with Gasteiger partial charge in [0.05, 0.1) is 17.9 Å². The highest BCUT2D eigenvalue weighted by Crippen LogP contribution is 2.29. The summed E-state index contributed by atoms with van der Waals surface area (Å²) >= 11 is 1.70. The summed E-state index contributed by atoms with van der Waals surface area (Å²) < 4.78 is 0. The Morgan fingerprint density at radius 2 is 2.32 bits per heavy atom. The molecule has 1 unspecified atom stereocenters. The zero-order valence-electron chi connectivity index (χ0n) is 10.8. The van der Waals surface area contributed by atoms with Crippen LogP contribution in [-0.4, -0.2) is 23.1 Å². The first-order chi connectivity index (χ1) is 9.15. The Balaban J connectivity index is 2.36. The van der Waals surface area contributed by atoms with Crippen molar-refractivity contribution < 1.29 is 5.21 Å². The van der Waals surface area contributed by atoms with E-state index in [0.717, 1.165) is 5.69 Å². The molecule has 0 saturated heterocycles. The van der Waals surface area contributed by atoms with E-state index in [-0.39, 0.29) is 11.9 Å². The van der Waals surface area contributed by atoms with Crippen molar-refractivity contribution in [3.05, 3.63) is 46.4 Å². The molecular weight excluding hydrogens is 260 g/mol. The van der Waals surface area contributed by atoms with Crippen LogP contribution in [0.15, 0.2) is 41.1 Å². The molecule has 0 radical (unpaired) electrons. The standard InChI is InChI=1S/C13H16N4OS/c1-9(12-4-3-7-19-12)17(2)11-8-15-6-5-10(11)13(14)16-18/h3-9,18H,1-2H3,(H2,14,16). The summed E-state index contributed by atoms with van der Waals surface area (Å²) in [7, 11) is 1.97. The van der Waals surface area contributed by atoms with Gasteiger partial charge in [-0.05, 0) is 24.4 Å². The summed E-state index contributed by atoms with van der Waals surface area (Å²) in [5, 5.41) is 14.0. The maximum absolute atomic E-state index is 8.84. The maximum atomic E-state index is 8.84. The summed E-state index contributed by atoms with van der Waals surface area (Å²) in [4.78, 5) is 7.43. The van der Waals surface area contributed by atoms with Gasteiger partial charge in [-0.3, -0.25) is 4.98 Å². The first kappa shape index (κ1) is 13.4. The predicted molar refractivity (Wildman–Crippen MR) is 77.9 cm³/mol. The smallest absolute Gasteiger partial charge is 0.172 e. The fourth-order valence-corrected chi connectivity index (χ4v) is 2.69. The molecule has 0 aliphatic heterocycles. The van der Waals surface area contributed by atoms with Crippen molar-refractivity contribution in [1.82, 2.24) is 4.98 Å². The molecule has 19 heavy (non-hydrogen) atoms. The molecule has 1 atom stereocenters. The third-order valence-electron chi connectivity index (χ3n) is 3.10. The van der Waals surface area contributed by atoms with Crippen molar-refractivity contribution in [2.45, 2.75) is 13.0 Å². The van der Waals surface area contributed by atoms with Gasteiger partial charge >= 0.3 is 0 Å². The highest BCUT2D eigenvalue weighted by molar-refractivity contribution is 7.10. The number of aromatic nitrogens is 1. The molecule has 0 amide bonds. The summed E-state index contributed by atoms with van der Waals surface area (Å²) in [6, 6.07) is 6.04. The fourth-order valence-electron chi connectivity index (χ4n) is 1.87. The molecule has 6 heteroatoms. The summed E-state index contributed by atoms with van der Waals surface area (Å²) in [5.41, 5.74) is 7.20. The molecule has 2 aromatic heterocycles. The number of amidine groups is 1. The molecule has 2 rings (SSSR count). The van der Waals surface area contributed by atoms with Crippen molar-refractivity contribution in [1.29, 1.82) is 0 Å². The van der Waals surface area contributed by atoms with Gasteiger partial charge in [-0.15, -0.1) is 11.3 Å². The van der Waals surface area contributed by atoms with Crippen molar-refractivity contribution >= 4 is 22.9 Å². The quantitative estimate of drug-likeness (QED) is 0.389. The van der Waals surface area contributed by atoms with E-state index in [9.17, 15) is 0 Å². The van der Waals surface area contributed by atoms with Crippen LogP contribution < -0.4 is 10.6 Å². The highest BCUT2D eigenvalue weighted by atomic mass is 32.1. The highest BCUT2D eigenvalue weighted by Gasteiger charge is 2.17. The van der Waals surface area contributed by atoms with Gasteiger partial charge < -0.3 is 15.8 Å². The van der Waals surface area contributed by atoms with E-state index in [1.165, 1.54) is 4.88 Å². The third kappa shape index (κ3) is 2.68. The zero-order valence-corrected chi connectivity index (χ0v) is 11.6. The number of oxime groups is 1. The average Bonchev–Trinajstić information content (AvgIpc) is 2.99. The molecule has 2 aromatic rings. The van der Waals surface area contributed by atoms with Crippen LogP contribution in [0.2, 0.25) is 0 Å². The van der Waals surface area contributed by atoms with Gasteiger partial charge in [-0.1, -0.05) is 11.2 Å². The Morgan fingerprint density at radius 3 is 2.95 bits per heavy atom. The number of nitrogens with two attached hydrogens (primary N) is 1. The fraction of sp³-hybridized carbons (Fsp3) is 0.231. The number of pyridine rings is 1. The third-order valence-corrected chi connectivity index (χ3v) is 4.14. The van der Waals surface area contributed by atoms with E-state index in [4.69, 9.17) is 10.9 Å². The number of rotatable bonds is 4. The second-order valence-electron chi connectivity index (χ2n) is 4.18. The molecule has 0 spiro atoms. The van der Waals surface area contributed by atoms with Gasteiger partial charge in [0, 0.05) is 23.7 Å². The van der Waals surface area contributed by atoms with Crippen LogP contribution in [0.25, 0.3) is 0 Å². The van der Waals surface area contributed by atoms with E-state index >= 15 is 0 Å². The molecule has 2 heterocycles. The normalized spacial score (nSPS) is 13.3. The van der Waals surface area contributed by atoms with Crippen molar-refractivity contribution in [2.75, 3.05) is 11.9 Å². The van der Waals surface area contributed by atoms with Gasteiger partial charge in [0.15, 0.2) is 5.84 Å². The summed E-state index contributed by atoms with van der Waals surface area (Å²) in [5.74, 6) is 0.0858. The Labute approximate surface area is 116 Å². The Hall–Kier alpha value is -2.08. The lowest BCUT2D eigenvalue weighted by Gasteiger charge is -2.27. The van der Waals surface area contributed by atoms with Crippen LogP contribution >= 0.6 is 11.3 Å². The van der Waals surface area contributed by atoms with Crippen LogP contribution in [-0.2, 0) is 0 Å². The van der Waals surface area contributed by atoms with Crippen molar-refractivity contribution in [3.63, 3.8) is 0 Å². The monoisotopic (exact) mass is 276 g/mol. The van der Waals surface area contributed by atoms with Gasteiger partial charge in [-0.25, -0.2) is 0 Å². The van der Waals surface area contributed by atoms with E-state index in [1.54, 1.807) is 29.8 Å². The minimum Gasteiger partial charge on any atom is -0.409 e. The van der Waals surface area contributed by atoms with Crippen LogP contribution in [0.3, 0.4) is 0 Å². The lowest BCUT2D eigenvalue weighted by Crippen LogP contribution is -2.25. The van der Waals surface area contributed by atoms with Crippen LogP contribution in [0.5, 0.6) is 0 Å². The minimum atomic E-state index is 0.0858. The first-order valence-corrected chi connectivity index (χ1v) is 6.71. The van der Waals surface area contributed by atoms with E-state index in [2.05, 4.69) is 28.0 Å². The Kier molecular flexibility index (Phi) is 4.01. The number of hydrogen-bond acceptors (Lipinski definition) is 5. The Bertz CT molecular complexity index is 568. The van der Waals surface area contributed by atoms with Crippen LogP contribution in [0.4, 0.5) is 5.69 Å². The lowest BCUT2D eigenvalue weighted by molar-refractivity contribution is 0.318. The van der Waals surface area contributed by atoms with E-state index in [0.29, 0.717) is 5.56 Å². The first-order valence-electron chi connectivity index (χ1n) is 5.83. The van der Waals surface area contributed by atoms with Gasteiger partial charge in [0.2, 0.25) is 0 Å². The van der Waals surface area contributed by atoms with E-state index in [1.807, 2.05) is 18.5 Å². The molecule has 0 fully saturated rings. The van der Waals surface area contributed by atoms with Gasteiger partial charge in [-0.2, -0.15) is 0 Å². The molecule has 0 saturated carbocycles. The average molecular weight is 276 g/mol. The molecule has 5 nitrogen and oxygen atoms in total. The minimum absolute atomic E-state index is 0.0858. The molecule has 0 bridgehead atoms. The van der Waals surface area contributed by atoms with E-state index < -0.39 is 0 Å². The van der Waals surface area contributed by atoms with Crippen LogP contribution in [0.1, 0.15) is 23.4 Å². The number of thiophene rings is 1. The SMILES string of the molecule is CC(c1cccs1)N(C)c1cnccc1/C(N)=N/O.